The van der Waals surface area contributed by atoms with Gasteiger partial charge in [-0.2, -0.15) is 0 Å². The number of hydrogen-bond donors (Lipinski definition) is 0. The number of allylic oxidation sites excluding steroid dienone is 4. The summed E-state index contributed by atoms with van der Waals surface area (Å²) in [6.45, 7) is 6.51. The molecule has 86 valence electrons. The maximum atomic E-state index is 4.16. The molecule has 0 aliphatic carbocycles. The lowest BCUT2D eigenvalue weighted by Crippen LogP contribution is -1.95. The van der Waals surface area contributed by atoms with Crippen molar-refractivity contribution in [2.75, 3.05) is 0 Å². The summed E-state index contributed by atoms with van der Waals surface area (Å²) in [5.74, 6) is 0.529. The van der Waals surface area contributed by atoms with Crippen molar-refractivity contribution in [3.63, 3.8) is 0 Å². The fourth-order valence-electron chi connectivity index (χ4n) is 1.69. The molecule has 0 radical (unpaired) electrons. The zero-order chi connectivity index (χ0) is 11.8. The molecule has 0 amide bonds. The normalized spacial score (nSPS) is 14.3. The number of hydrogen-bond acceptors (Lipinski definition) is 1. The first-order valence-electron chi connectivity index (χ1n) is 5.99. The molecule has 1 heterocycles. The monoisotopic (exact) mass is 215 g/mol. The van der Waals surface area contributed by atoms with E-state index in [1.165, 1.54) is 11.1 Å². The predicted octanol–water partition coefficient (Wildman–Crippen LogP) is 4.49. The summed E-state index contributed by atoms with van der Waals surface area (Å²) in [5.41, 5.74) is 2.71. The van der Waals surface area contributed by atoms with Crippen LogP contribution in [0.5, 0.6) is 0 Å². The maximum absolute atomic E-state index is 4.16. The van der Waals surface area contributed by atoms with Crippen LogP contribution in [0.1, 0.15) is 45.1 Å². The molecule has 0 saturated heterocycles. The molecule has 0 spiro atoms. The van der Waals surface area contributed by atoms with E-state index in [1.807, 2.05) is 18.5 Å². The van der Waals surface area contributed by atoms with E-state index in [4.69, 9.17) is 0 Å². The molecule has 0 bridgehead atoms. The van der Waals surface area contributed by atoms with E-state index in [-0.39, 0.29) is 0 Å². The van der Waals surface area contributed by atoms with Gasteiger partial charge < -0.3 is 0 Å². The highest BCUT2D eigenvalue weighted by molar-refractivity contribution is 5.23. The van der Waals surface area contributed by atoms with Crippen LogP contribution < -0.4 is 0 Å². The predicted molar refractivity (Wildman–Crippen MR) is 70.5 cm³/mol. The zero-order valence-electron chi connectivity index (χ0n) is 10.5. The molecule has 0 N–H and O–H groups in total. The highest BCUT2D eigenvalue weighted by atomic mass is 14.6. The summed E-state index contributed by atoms with van der Waals surface area (Å²) in [7, 11) is 0. The number of rotatable bonds is 5. The highest BCUT2D eigenvalue weighted by Crippen LogP contribution is 2.22. The van der Waals surface area contributed by atoms with Crippen molar-refractivity contribution in [3.8, 4) is 0 Å². The van der Waals surface area contributed by atoms with Crippen LogP contribution in [0.2, 0.25) is 0 Å². The summed E-state index contributed by atoms with van der Waals surface area (Å²) in [6.07, 6.45) is 12.6. The van der Waals surface area contributed by atoms with Gasteiger partial charge in [-0.25, -0.2) is 0 Å². The van der Waals surface area contributed by atoms with Crippen LogP contribution in [-0.2, 0) is 0 Å². The molecule has 0 aromatic carbocycles. The maximum Gasteiger partial charge on any atom is 0.0302 e. The van der Waals surface area contributed by atoms with Gasteiger partial charge in [-0.05, 0) is 37.3 Å². The summed E-state index contributed by atoms with van der Waals surface area (Å²) in [5, 5.41) is 0. The Kier molecular flexibility index (Phi) is 5.55. The summed E-state index contributed by atoms with van der Waals surface area (Å²) < 4.78 is 0. The van der Waals surface area contributed by atoms with Gasteiger partial charge in [-0.15, -0.1) is 0 Å². The minimum atomic E-state index is 0.529. The van der Waals surface area contributed by atoms with Crippen molar-refractivity contribution in [1.82, 2.24) is 4.98 Å². The van der Waals surface area contributed by atoms with E-state index in [0.717, 1.165) is 12.8 Å². The molecule has 1 atom stereocenters. The average Bonchev–Trinajstić information content (AvgIpc) is 2.35. The first-order chi connectivity index (χ1) is 7.77. The third-order valence-electron chi connectivity index (χ3n) is 2.73. The van der Waals surface area contributed by atoms with E-state index in [0.29, 0.717) is 5.92 Å². The number of aromatic nitrogens is 1. The molecular formula is C15H21N. The second-order valence-electron chi connectivity index (χ2n) is 4.07. The third kappa shape index (κ3) is 4.01. The van der Waals surface area contributed by atoms with Crippen molar-refractivity contribution >= 4 is 0 Å². The summed E-state index contributed by atoms with van der Waals surface area (Å²) in [4.78, 5) is 4.16. The standard InChI is InChI=1S/C15H21N/c1-4-6-8-14(5-2)11-13(3)15-9-7-10-16-12-15/h5-10,12-13H,4,11H2,1-3H3/b8-6-,14-5+. The Hall–Kier alpha value is -1.37. The fraction of sp³-hybridized carbons (Fsp3) is 0.400. The van der Waals surface area contributed by atoms with Crippen molar-refractivity contribution in [2.24, 2.45) is 0 Å². The number of nitrogens with zero attached hydrogens (tertiary/aromatic N) is 1. The van der Waals surface area contributed by atoms with Gasteiger partial charge in [0.2, 0.25) is 0 Å². The van der Waals surface area contributed by atoms with Crippen LogP contribution in [-0.4, -0.2) is 4.98 Å². The van der Waals surface area contributed by atoms with Gasteiger partial charge in [0.15, 0.2) is 0 Å². The van der Waals surface area contributed by atoms with Crippen LogP contribution >= 0.6 is 0 Å². The first kappa shape index (κ1) is 12.7. The van der Waals surface area contributed by atoms with Crippen molar-refractivity contribution in [2.45, 2.75) is 39.5 Å². The van der Waals surface area contributed by atoms with E-state index < -0.39 is 0 Å². The number of pyridine rings is 1. The molecule has 1 nitrogen and oxygen atoms in total. The molecule has 0 fully saturated rings. The molecule has 1 aromatic rings. The van der Waals surface area contributed by atoms with Crippen molar-refractivity contribution < 1.29 is 0 Å². The van der Waals surface area contributed by atoms with E-state index in [9.17, 15) is 0 Å². The first-order valence-corrected chi connectivity index (χ1v) is 5.99. The third-order valence-corrected chi connectivity index (χ3v) is 2.73. The Labute approximate surface area is 98.9 Å². The smallest absolute Gasteiger partial charge is 0.0302 e. The molecule has 0 saturated carbocycles. The van der Waals surface area contributed by atoms with E-state index in [2.05, 4.69) is 50.0 Å². The van der Waals surface area contributed by atoms with Crippen LogP contribution in [0.25, 0.3) is 0 Å². The van der Waals surface area contributed by atoms with Crippen molar-refractivity contribution in [1.29, 1.82) is 0 Å². The van der Waals surface area contributed by atoms with Gasteiger partial charge in [0.05, 0.1) is 0 Å². The lowest BCUT2D eigenvalue weighted by Gasteiger charge is -2.11. The van der Waals surface area contributed by atoms with Gasteiger partial charge in [0, 0.05) is 12.4 Å². The molecule has 1 unspecified atom stereocenters. The van der Waals surface area contributed by atoms with Crippen LogP contribution in [0.4, 0.5) is 0 Å². The fourth-order valence-corrected chi connectivity index (χ4v) is 1.69. The molecule has 16 heavy (non-hydrogen) atoms. The summed E-state index contributed by atoms with van der Waals surface area (Å²) >= 11 is 0. The molecule has 1 rings (SSSR count). The van der Waals surface area contributed by atoms with Crippen LogP contribution in [0.15, 0.2) is 48.3 Å². The molecule has 1 heteroatoms. The van der Waals surface area contributed by atoms with Crippen LogP contribution in [0, 0.1) is 0 Å². The lowest BCUT2D eigenvalue weighted by molar-refractivity contribution is 0.756. The Balaban J connectivity index is 2.63. The minimum Gasteiger partial charge on any atom is -0.264 e. The Bertz CT molecular complexity index is 349. The minimum absolute atomic E-state index is 0.529. The Morgan fingerprint density at radius 3 is 2.88 bits per heavy atom. The quantitative estimate of drug-likeness (QED) is 0.659. The van der Waals surface area contributed by atoms with E-state index in [1.54, 1.807) is 0 Å². The van der Waals surface area contributed by atoms with Gasteiger partial charge in [0.25, 0.3) is 0 Å². The Morgan fingerprint density at radius 2 is 2.31 bits per heavy atom. The second-order valence-corrected chi connectivity index (χ2v) is 4.07. The molecular weight excluding hydrogens is 194 g/mol. The lowest BCUT2D eigenvalue weighted by atomic mass is 9.94. The Morgan fingerprint density at radius 1 is 1.50 bits per heavy atom. The summed E-state index contributed by atoms with van der Waals surface area (Å²) in [6, 6.07) is 4.15. The van der Waals surface area contributed by atoms with Gasteiger partial charge in [-0.3, -0.25) is 4.98 Å². The topological polar surface area (TPSA) is 12.9 Å². The molecule has 0 aliphatic rings. The SMILES string of the molecule is C/C=C(\C=C/CC)CC(C)c1cccnc1. The van der Waals surface area contributed by atoms with Crippen LogP contribution in [0.3, 0.4) is 0 Å². The molecule has 1 aromatic heterocycles. The largest absolute Gasteiger partial charge is 0.264 e. The molecule has 0 aliphatic heterocycles. The van der Waals surface area contributed by atoms with Gasteiger partial charge >= 0.3 is 0 Å². The average molecular weight is 215 g/mol. The van der Waals surface area contributed by atoms with Gasteiger partial charge in [-0.1, -0.05) is 43.7 Å². The van der Waals surface area contributed by atoms with Gasteiger partial charge in [0.1, 0.15) is 0 Å². The highest BCUT2D eigenvalue weighted by Gasteiger charge is 2.06. The second kappa shape index (κ2) is 7.00. The van der Waals surface area contributed by atoms with Crippen molar-refractivity contribution in [3.05, 3.63) is 53.9 Å². The van der Waals surface area contributed by atoms with E-state index >= 15 is 0 Å². The zero-order valence-corrected chi connectivity index (χ0v) is 10.5.